The zero-order valence-corrected chi connectivity index (χ0v) is 7.21. The van der Waals surface area contributed by atoms with Gasteiger partial charge in [0, 0.05) is 20.0 Å². The van der Waals surface area contributed by atoms with Crippen molar-refractivity contribution in [2.45, 2.75) is 13.3 Å². The Labute approximate surface area is 71.8 Å². The van der Waals surface area contributed by atoms with Gasteiger partial charge in [0.05, 0.1) is 0 Å². The number of carbonyl (C=O) groups excluding carboxylic acids is 1. The third kappa shape index (κ3) is 6.73. The first-order chi connectivity index (χ1) is 5.66. The molecule has 0 rings (SSSR count). The van der Waals surface area contributed by atoms with E-state index in [4.69, 9.17) is 5.73 Å². The smallest absolute Gasteiger partial charge is 0.216 e. The number of rotatable bonds is 4. The predicted octanol–water partition coefficient (Wildman–Crippen LogP) is -0.472. The predicted molar refractivity (Wildman–Crippen MR) is 49.3 cm³/mol. The van der Waals surface area contributed by atoms with Gasteiger partial charge < -0.3 is 11.1 Å². The second kappa shape index (κ2) is 6.33. The van der Waals surface area contributed by atoms with Crippen LogP contribution in [-0.4, -0.2) is 31.7 Å². The van der Waals surface area contributed by atoms with Crippen molar-refractivity contribution in [2.75, 3.05) is 13.1 Å². The number of hydrogen-bond donors (Lipinski definition) is 2. The Bertz CT molecular complexity index is 188. The molecule has 5 nitrogen and oxygen atoms in total. The molecule has 0 aliphatic heterocycles. The van der Waals surface area contributed by atoms with Crippen LogP contribution in [0.2, 0.25) is 0 Å². The third-order valence-corrected chi connectivity index (χ3v) is 1.14. The molecule has 0 radical (unpaired) electrons. The molecule has 0 aliphatic rings. The van der Waals surface area contributed by atoms with E-state index in [0.29, 0.717) is 13.1 Å². The molecule has 0 unspecified atom stereocenters. The van der Waals surface area contributed by atoms with Gasteiger partial charge in [-0.1, -0.05) is 0 Å². The second-order valence-electron chi connectivity index (χ2n) is 2.23. The van der Waals surface area contributed by atoms with E-state index in [9.17, 15) is 4.79 Å². The highest BCUT2D eigenvalue weighted by molar-refractivity contribution is 5.82. The van der Waals surface area contributed by atoms with E-state index in [0.717, 1.165) is 6.42 Å². The summed E-state index contributed by atoms with van der Waals surface area (Å²) in [4.78, 5) is 17.7. The summed E-state index contributed by atoms with van der Waals surface area (Å²) in [7, 11) is 0. The Balaban J connectivity index is 3.32. The lowest BCUT2D eigenvalue weighted by molar-refractivity contribution is -0.118. The molecule has 3 N–H and O–H groups in total. The van der Waals surface area contributed by atoms with Crippen LogP contribution in [0.25, 0.3) is 0 Å². The third-order valence-electron chi connectivity index (χ3n) is 1.14. The van der Waals surface area contributed by atoms with E-state index in [1.807, 2.05) is 0 Å². The lowest BCUT2D eigenvalue weighted by Gasteiger charge is -1.98. The monoisotopic (exact) mass is 170 g/mol. The van der Waals surface area contributed by atoms with Crippen LogP contribution in [0.4, 0.5) is 0 Å². The summed E-state index contributed by atoms with van der Waals surface area (Å²) in [6.07, 6.45) is 0.760. The number of nitrogens with two attached hydrogens (primary N) is 1. The molecule has 0 aromatic rings. The summed E-state index contributed by atoms with van der Waals surface area (Å²) >= 11 is 0. The van der Waals surface area contributed by atoms with Crippen LogP contribution in [-0.2, 0) is 4.79 Å². The van der Waals surface area contributed by atoms with Gasteiger partial charge in [0.25, 0.3) is 0 Å². The second-order valence-corrected chi connectivity index (χ2v) is 2.23. The van der Waals surface area contributed by atoms with Gasteiger partial charge in [-0.15, -0.1) is 0 Å². The maximum atomic E-state index is 10.4. The van der Waals surface area contributed by atoms with E-state index in [1.54, 1.807) is 0 Å². The normalized spacial score (nSPS) is 10.9. The first-order valence-corrected chi connectivity index (χ1v) is 3.68. The van der Waals surface area contributed by atoms with Gasteiger partial charge in [0.15, 0.2) is 0 Å². The van der Waals surface area contributed by atoms with Gasteiger partial charge in [0.1, 0.15) is 0 Å². The number of amides is 1. The van der Waals surface area contributed by atoms with Crippen LogP contribution < -0.4 is 11.1 Å². The molecule has 0 saturated heterocycles. The molecule has 0 aromatic heterocycles. The van der Waals surface area contributed by atoms with E-state index < -0.39 is 0 Å². The average molecular weight is 170 g/mol. The quantitative estimate of drug-likeness (QED) is 0.340. The largest absolute Gasteiger partial charge is 0.368 e. The van der Waals surface area contributed by atoms with Crippen molar-refractivity contribution in [3.8, 4) is 0 Å². The highest BCUT2D eigenvalue weighted by Gasteiger charge is 1.89. The van der Waals surface area contributed by atoms with Crippen molar-refractivity contribution in [3.63, 3.8) is 0 Å². The summed E-state index contributed by atoms with van der Waals surface area (Å²) in [5, 5.41) is 2.64. The molecule has 1 amide bonds. The summed E-state index contributed by atoms with van der Waals surface area (Å²) in [6.45, 7) is 5.86. The van der Waals surface area contributed by atoms with Gasteiger partial charge in [-0.25, -0.2) is 4.99 Å². The van der Waals surface area contributed by atoms with Crippen LogP contribution in [0.15, 0.2) is 9.98 Å². The number of guanidine groups is 1. The van der Waals surface area contributed by atoms with E-state index in [-0.39, 0.29) is 11.9 Å². The van der Waals surface area contributed by atoms with Crippen molar-refractivity contribution in [2.24, 2.45) is 15.7 Å². The number of hydrogen-bond acceptors (Lipinski definition) is 2. The standard InChI is InChI=1S/C7H14N4O/c1-6(12)10-4-3-5-11-7(8)9-2/h2-5H2,1H3,(H2,8,11)(H,10,12). The van der Waals surface area contributed by atoms with Gasteiger partial charge in [-0.3, -0.25) is 9.79 Å². The van der Waals surface area contributed by atoms with Crippen molar-refractivity contribution in [3.05, 3.63) is 0 Å². The van der Waals surface area contributed by atoms with Crippen LogP contribution in [0, 0.1) is 0 Å². The van der Waals surface area contributed by atoms with E-state index in [2.05, 4.69) is 22.0 Å². The van der Waals surface area contributed by atoms with E-state index >= 15 is 0 Å². The number of carbonyl (C=O) groups is 1. The molecule has 0 spiro atoms. The molecular formula is C7H14N4O. The van der Waals surface area contributed by atoms with Crippen molar-refractivity contribution < 1.29 is 4.79 Å². The van der Waals surface area contributed by atoms with Crippen molar-refractivity contribution >= 4 is 18.6 Å². The number of aliphatic imine (C=N–C) groups is 2. The number of nitrogens with one attached hydrogen (secondary N) is 1. The maximum Gasteiger partial charge on any atom is 0.216 e. The topological polar surface area (TPSA) is 79.8 Å². The minimum atomic E-state index is -0.0335. The Morgan fingerprint density at radius 3 is 2.83 bits per heavy atom. The molecule has 0 atom stereocenters. The minimum absolute atomic E-state index is 0.0335. The first kappa shape index (κ1) is 10.6. The molecule has 0 bridgehead atoms. The van der Waals surface area contributed by atoms with Gasteiger partial charge in [-0.05, 0) is 13.1 Å². The number of nitrogens with zero attached hydrogens (tertiary/aromatic N) is 2. The summed E-state index contributed by atoms with van der Waals surface area (Å²) in [6, 6.07) is 0. The zero-order valence-electron chi connectivity index (χ0n) is 7.21. The van der Waals surface area contributed by atoms with Crippen LogP contribution in [0.1, 0.15) is 13.3 Å². The molecule has 0 heterocycles. The highest BCUT2D eigenvalue weighted by atomic mass is 16.1. The van der Waals surface area contributed by atoms with Crippen molar-refractivity contribution in [1.82, 2.24) is 5.32 Å². The van der Waals surface area contributed by atoms with Crippen molar-refractivity contribution in [1.29, 1.82) is 0 Å². The summed E-state index contributed by atoms with van der Waals surface area (Å²) in [5.74, 6) is 0.159. The molecule has 12 heavy (non-hydrogen) atoms. The maximum absolute atomic E-state index is 10.4. The van der Waals surface area contributed by atoms with Crippen LogP contribution >= 0.6 is 0 Å². The molecule has 0 fully saturated rings. The summed E-state index contributed by atoms with van der Waals surface area (Å²) < 4.78 is 0. The van der Waals surface area contributed by atoms with Crippen LogP contribution in [0.5, 0.6) is 0 Å². The molecule has 68 valence electrons. The molecular weight excluding hydrogens is 156 g/mol. The Morgan fingerprint density at radius 1 is 1.67 bits per heavy atom. The summed E-state index contributed by atoms with van der Waals surface area (Å²) in [5.41, 5.74) is 5.25. The van der Waals surface area contributed by atoms with Crippen LogP contribution in [0.3, 0.4) is 0 Å². The van der Waals surface area contributed by atoms with Gasteiger partial charge in [-0.2, -0.15) is 0 Å². The first-order valence-electron chi connectivity index (χ1n) is 3.68. The average Bonchev–Trinajstić information content (AvgIpc) is 2.03. The zero-order chi connectivity index (χ0) is 9.40. The fourth-order valence-electron chi connectivity index (χ4n) is 0.587. The van der Waals surface area contributed by atoms with Gasteiger partial charge in [0.2, 0.25) is 11.9 Å². The fraction of sp³-hybridized carbons (Fsp3) is 0.571. The molecule has 0 saturated carbocycles. The lowest BCUT2D eigenvalue weighted by Crippen LogP contribution is -2.21. The fourth-order valence-corrected chi connectivity index (χ4v) is 0.587. The Kier molecular flexibility index (Phi) is 5.60. The highest BCUT2D eigenvalue weighted by Crippen LogP contribution is 1.80. The lowest BCUT2D eigenvalue weighted by atomic mass is 10.4. The molecule has 0 aromatic carbocycles. The Morgan fingerprint density at radius 2 is 2.33 bits per heavy atom. The van der Waals surface area contributed by atoms with Gasteiger partial charge >= 0.3 is 0 Å². The van der Waals surface area contributed by atoms with E-state index in [1.165, 1.54) is 6.92 Å². The SMILES string of the molecule is C=NC(N)=NCCCNC(C)=O. The minimum Gasteiger partial charge on any atom is -0.368 e. The molecule has 5 heteroatoms. The molecule has 0 aliphatic carbocycles. The Hall–Kier alpha value is -1.39.